The minimum absolute atomic E-state index is 0.0615. The Morgan fingerprint density at radius 3 is 2.81 bits per heavy atom. The van der Waals surface area contributed by atoms with Gasteiger partial charge in [0.05, 0.1) is 12.5 Å². The van der Waals surface area contributed by atoms with Gasteiger partial charge in [0.2, 0.25) is 11.8 Å². The van der Waals surface area contributed by atoms with Crippen LogP contribution in [0.15, 0.2) is 30.5 Å². The SMILES string of the molecule is CN(Cc1nccc(N)n1)C1CCN(C(=O)C2CC(=O)N(c3ccc(F)c(F)c3)C2)C1. The highest BCUT2D eigenvalue weighted by Crippen LogP contribution is 2.29. The van der Waals surface area contributed by atoms with Gasteiger partial charge >= 0.3 is 0 Å². The first kappa shape index (κ1) is 21.1. The molecule has 1 aromatic carbocycles. The highest BCUT2D eigenvalue weighted by Gasteiger charge is 2.39. The number of nitrogens with zero attached hydrogens (tertiary/aromatic N) is 5. The Morgan fingerprint density at radius 2 is 2.06 bits per heavy atom. The lowest BCUT2D eigenvalue weighted by Gasteiger charge is -2.25. The van der Waals surface area contributed by atoms with Gasteiger partial charge in [-0.1, -0.05) is 0 Å². The van der Waals surface area contributed by atoms with Crippen molar-refractivity contribution >= 4 is 23.3 Å². The van der Waals surface area contributed by atoms with Crippen molar-refractivity contribution in [1.29, 1.82) is 0 Å². The summed E-state index contributed by atoms with van der Waals surface area (Å²) in [6.45, 7) is 1.83. The number of hydrogen-bond acceptors (Lipinski definition) is 6. The second-order valence-electron chi connectivity index (χ2n) is 8.04. The van der Waals surface area contributed by atoms with Crippen LogP contribution < -0.4 is 10.6 Å². The largest absolute Gasteiger partial charge is 0.384 e. The molecule has 2 N–H and O–H groups in total. The lowest BCUT2D eigenvalue weighted by molar-refractivity contribution is -0.135. The summed E-state index contributed by atoms with van der Waals surface area (Å²) in [5.74, 6) is -1.81. The molecular weight excluding hydrogens is 406 g/mol. The first-order chi connectivity index (χ1) is 14.8. The van der Waals surface area contributed by atoms with Crippen LogP contribution in [0.1, 0.15) is 18.7 Å². The van der Waals surface area contributed by atoms with Gasteiger partial charge in [0.1, 0.15) is 11.6 Å². The molecular formula is C21H24F2N6O2. The number of nitrogens with two attached hydrogens (primary N) is 1. The number of halogens is 2. The van der Waals surface area contributed by atoms with Crippen LogP contribution in [0.5, 0.6) is 0 Å². The third kappa shape index (κ3) is 4.48. The summed E-state index contributed by atoms with van der Waals surface area (Å²) in [6, 6.07) is 5.10. The minimum Gasteiger partial charge on any atom is -0.384 e. The van der Waals surface area contributed by atoms with Crippen LogP contribution in [0.4, 0.5) is 20.3 Å². The molecule has 0 radical (unpaired) electrons. The minimum atomic E-state index is -1.02. The van der Waals surface area contributed by atoms with Gasteiger partial charge in [0.25, 0.3) is 0 Å². The molecule has 2 fully saturated rings. The fraction of sp³-hybridized carbons (Fsp3) is 0.429. The third-order valence-electron chi connectivity index (χ3n) is 5.91. The van der Waals surface area contributed by atoms with Crippen LogP contribution in [0, 0.1) is 17.6 Å². The van der Waals surface area contributed by atoms with E-state index in [0.717, 1.165) is 18.6 Å². The summed E-state index contributed by atoms with van der Waals surface area (Å²) in [7, 11) is 1.95. The maximum Gasteiger partial charge on any atom is 0.228 e. The summed E-state index contributed by atoms with van der Waals surface area (Å²) >= 11 is 0. The van der Waals surface area contributed by atoms with Crippen molar-refractivity contribution in [3.63, 3.8) is 0 Å². The number of carbonyl (C=O) groups is 2. The maximum absolute atomic E-state index is 13.5. The van der Waals surface area contributed by atoms with E-state index in [4.69, 9.17) is 5.73 Å². The van der Waals surface area contributed by atoms with Crippen molar-refractivity contribution in [3.05, 3.63) is 47.9 Å². The van der Waals surface area contributed by atoms with Gasteiger partial charge in [-0.2, -0.15) is 0 Å². The van der Waals surface area contributed by atoms with Gasteiger partial charge in [-0.3, -0.25) is 14.5 Å². The van der Waals surface area contributed by atoms with E-state index in [1.807, 2.05) is 7.05 Å². The lowest BCUT2D eigenvalue weighted by atomic mass is 10.1. The van der Waals surface area contributed by atoms with Gasteiger partial charge < -0.3 is 15.5 Å². The van der Waals surface area contributed by atoms with Crippen molar-refractivity contribution in [2.45, 2.75) is 25.4 Å². The fourth-order valence-electron chi connectivity index (χ4n) is 4.18. The number of likely N-dealkylation sites (N-methyl/N-ethyl adjacent to an activating group) is 1. The molecule has 2 aromatic rings. The molecule has 0 spiro atoms. The van der Waals surface area contributed by atoms with Crippen LogP contribution >= 0.6 is 0 Å². The summed E-state index contributed by atoms with van der Waals surface area (Å²) < 4.78 is 26.7. The van der Waals surface area contributed by atoms with Crippen LogP contribution in [-0.4, -0.2) is 64.3 Å². The number of carbonyl (C=O) groups excluding carboxylic acids is 2. The normalized spacial score (nSPS) is 21.4. The zero-order chi connectivity index (χ0) is 22.1. The standard InChI is InChI=1S/C21H24F2N6O2/c1-27(12-19-25-6-4-18(24)26-19)15-5-7-28(11-15)21(31)13-8-20(30)29(10-13)14-2-3-16(22)17(23)9-14/h2-4,6,9,13,15H,5,7-8,10-12H2,1H3,(H2,24,25,26). The molecule has 2 aliphatic rings. The second kappa shape index (κ2) is 8.54. The van der Waals surface area contributed by atoms with Crippen molar-refractivity contribution in [2.24, 2.45) is 5.92 Å². The maximum atomic E-state index is 13.5. The third-order valence-corrected chi connectivity index (χ3v) is 5.91. The smallest absolute Gasteiger partial charge is 0.228 e. The van der Waals surface area contributed by atoms with E-state index in [1.54, 1.807) is 17.2 Å². The van der Waals surface area contributed by atoms with E-state index in [2.05, 4.69) is 14.9 Å². The van der Waals surface area contributed by atoms with Crippen molar-refractivity contribution in [2.75, 3.05) is 37.3 Å². The Bertz CT molecular complexity index is 1000. The molecule has 2 unspecified atom stereocenters. The molecule has 3 heterocycles. The Morgan fingerprint density at radius 1 is 1.26 bits per heavy atom. The number of nitrogen functional groups attached to an aromatic ring is 1. The summed E-state index contributed by atoms with van der Waals surface area (Å²) in [4.78, 5) is 39.1. The molecule has 31 heavy (non-hydrogen) atoms. The monoisotopic (exact) mass is 430 g/mol. The molecule has 10 heteroatoms. The van der Waals surface area contributed by atoms with Crippen molar-refractivity contribution in [3.8, 4) is 0 Å². The highest BCUT2D eigenvalue weighted by atomic mass is 19.2. The number of aromatic nitrogens is 2. The number of benzene rings is 1. The van der Waals surface area contributed by atoms with Crippen LogP contribution in [0.25, 0.3) is 0 Å². The number of rotatable bonds is 5. The van der Waals surface area contributed by atoms with Crippen molar-refractivity contribution in [1.82, 2.24) is 19.8 Å². The number of amides is 2. The van der Waals surface area contributed by atoms with E-state index in [-0.39, 0.29) is 36.5 Å². The molecule has 2 saturated heterocycles. The molecule has 0 bridgehead atoms. The Labute approximate surface area is 178 Å². The molecule has 2 aliphatic heterocycles. The van der Waals surface area contributed by atoms with Gasteiger partial charge in [-0.15, -0.1) is 0 Å². The van der Waals surface area contributed by atoms with E-state index in [9.17, 15) is 18.4 Å². The van der Waals surface area contributed by atoms with Crippen LogP contribution in [0.3, 0.4) is 0 Å². The topological polar surface area (TPSA) is 95.7 Å². The van der Waals surface area contributed by atoms with Gasteiger partial charge in [-0.05, 0) is 31.7 Å². The Hall–Kier alpha value is -3.14. The van der Waals surface area contributed by atoms with E-state index in [0.29, 0.717) is 31.3 Å². The zero-order valence-electron chi connectivity index (χ0n) is 17.2. The second-order valence-corrected chi connectivity index (χ2v) is 8.04. The summed E-state index contributed by atoms with van der Waals surface area (Å²) in [5.41, 5.74) is 5.97. The number of hydrogen-bond donors (Lipinski definition) is 1. The number of anilines is 2. The molecule has 8 nitrogen and oxygen atoms in total. The quantitative estimate of drug-likeness (QED) is 0.771. The summed E-state index contributed by atoms with van der Waals surface area (Å²) in [6.07, 6.45) is 2.48. The van der Waals surface area contributed by atoms with E-state index < -0.39 is 17.6 Å². The van der Waals surface area contributed by atoms with Gasteiger partial charge in [-0.25, -0.2) is 18.7 Å². The first-order valence-corrected chi connectivity index (χ1v) is 10.1. The predicted molar refractivity (Wildman–Crippen MR) is 110 cm³/mol. The zero-order valence-corrected chi connectivity index (χ0v) is 17.2. The van der Waals surface area contributed by atoms with E-state index >= 15 is 0 Å². The lowest BCUT2D eigenvalue weighted by Crippen LogP contribution is -2.39. The molecule has 164 valence electrons. The number of likely N-dealkylation sites (tertiary alicyclic amines) is 1. The fourth-order valence-corrected chi connectivity index (χ4v) is 4.18. The highest BCUT2D eigenvalue weighted by molar-refractivity contribution is 6.00. The van der Waals surface area contributed by atoms with Crippen LogP contribution in [-0.2, 0) is 16.1 Å². The Balaban J connectivity index is 1.36. The Kier molecular flexibility index (Phi) is 5.81. The van der Waals surface area contributed by atoms with Gasteiger partial charge in [0, 0.05) is 50.0 Å². The molecule has 0 aliphatic carbocycles. The van der Waals surface area contributed by atoms with E-state index in [1.165, 1.54) is 11.0 Å². The van der Waals surface area contributed by atoms with Crippen LogP contribution in [0.2, 0.25) is 0 Å². The molecule has 2 amide bonds. The molecule has 4 rings (SSSR count). The summed E-state index contributed by atoms with van der Waals surface area (Å²) in [5, 5.41) is 0. The predicted octanol–water partition coefficient (Wildman–Crippen LogP) is 1.42. The van der Waals surface area contributed by atoms with Gasteiger partial charge in [0.15, 0.2) is 11.6 Å². The molecule has 0 saturated carbocycles. The average molecular weight is 430 g/mol. The van der Waals surface area contributed by atoms with Crippen molar-refractivity contribution < 1.29 is 18.4 Å². The first-order valence-electron chi connectivity index (χ1n) is 10.1. The average Bonchev–Trinajstić information content (AvgIpc) is 3.37. The molecule has 2 atom stereocenters. The molecule has 1 aromatic heterocycles.